The molecular weight excluding hydrogens is 331 g/mol. The van der Waals surface area contributed by atoms with E-state index in [0.29, 0.717) is 12.0 Å². The maximum absolute atomic E-state index is 14.5. The van der Waals surface area contributed by atoms with Crippen molar-refractivity contribution in [2.75, 3.05) is 7.11 Å². The van der Waals surface area contributed by atoms with Gasteiger partial charge in [-0.1, -0.05) is 25.1 Å². The lowest BCUT2D eigenvalue weighted by Crippen LogP contribution is -2.32. The number of carbonyl (C=O) groups is 1. The number of methoxy groups -OCH3 is 1. The molecule has 0 saturated carbocycles. The van der Waals surface area contributed by atoms with Crippen molar-refractivity contribution in [1.82, 2.24) is 5.01 Å². The van der Waals surface area contributed by atoms with Crippen molar-refractivity contribution in [2.45, 2.75) is 32.2 Å². The Labute approximate surface area is 152 Å². The van der Waals surface area contributed by atoms with Crippen LogP contribution in [-0.4, -0.2) is 23.7 Å². The van der Waals surface area contributed by atoms with E-state index < -0.39 is 0 Å². The van der Waals surface area contributed by atoms with E-state index in [2.05, 4.69) is 5.10 Å². The Hall–Kier alpha value is -2.69. The van der Waals surface area contributed by atoms with Gasteiger partial charge in [-0.15, -0.1) is 0 Å². The Morgan fingerprint density at radius 3 is 2.85 bits per heavy atom. The van der Waals surface area contributed by atoms with E-state index in [1.54, 1.807) is 19.2 Å². The molecule has 1 aliphatic carbocycles. The van der Waals surface area contributed by atoms with Crippen molar-refractivity contribution in [3.63, 3.8) is 0 Å². The second kappa shape index (κ2) is 6.56. The van der Waals surface area contributed by atoms with Gasteiger partial charge in [0.15, 0.2) is 0 Å². The van der Waals surface area contributed by atoms with Crippen molar-refractivity contribution < 1.29 is 13.9 Å². The van der Waals surface area contributed by atoms with E-state index in [-0.39, 0.29) is 23.7 Å². The average Bonchev–Trinajstić information content (AvgIpc) is 3.07. The highest BCUT2D eigenvalue weighted by Gasteiger charge is 2.44. The van der Waals surface area contributed by atoms with Gasteiger partial charge in [0.1, 0.15) is 11.6 Å². The van der Waals surface area contributed by atoms with Gasteiger partial charge in [0.25, 0.3) is 0 Å². The fraction of sp³-hybridized carbons (Fsp3) is 0.333. The van der Waals surface area contributed by atoms with Crippen molar-refractivity contribution in [2.24, 2.45) is 11.0 Å². The molecule has 2 aromatic rings. The number of hydrogen-bond acceptors (Lipinski definition) is 3. The van der Waals surface area contributed by atoms with Crippen LogP contribution in [0, 0.1) is 11.7 Å². The highest BCUT2D eigenvalue weighted by Crippen LogP contribution is 2.44. The molecule has 2 aromatic carbocycles. The van der Waals surface area contributed by atoms with Crippen LogP contribution in [0.2, 0.25) is 0 Å². The highest BCUT2D eigenvalue weighted by molar-refractivity contribution is 6.07. The summed E-state index contributed by atoms with van der Waals surface area (Å²) >= 11 is 0. The van der Waals surface area contributed by atoms with E-state index in [0.717, 1.165) is 35.4 Å². The van der Waals surface area contributed by atoms with Crippen LogP contribution in [0.15, 0.2) is 47.6 Å². The molecule has 0 aromatic heterocycles. The van der Waals surface area contributed by atoms with Crippen LogP contribution in [-0.2, 0) is 11.2 Å². The van der Waals surface area contributed by atoms with E-state index >= 15 is 0 Å². The molecule has 0 bridgehead atoms. The summed E-state index contributed by atoms with van der Waals surface area (Å²) in [4.78, 5) is 12.5. The normalized spacial score (nSPS) is 21.0. The molecule has 4 rings (SSSR count). The molecule has 0 fully saturated rings. The third-order valence-electron chi connectivity index (χ3n) is 5.31. The van der Waals surface area contributed by atoms with Gasteiger partial charge in [0.05, 0.1) is 18.9 Å². The first-order valence-corrected chi connectivity index (χ1v) is 8.96. The molecule has 1 amide bonds. The van der Waals surface area contributed by atoms with Gasteiger partial charge >= 0.3 is 0 Å². The predicted molar refractivity (Wildman–Crippen MR) is 97.6 cm³/mol. The number of amides is 1. The number of halogens is 1. The van der Waals surface area contributed by atoms with Crippen molar-refractivity contribution >= 4 is 11.6 Å². The summed E-state index contributed by atoms with van der Waals surface area (Å²) in [6, 6.07) is 12.2. The van der Waals surface area contributed by atoms with Gasteiger partial charge in [0, 0.05) is 23.5 Å². The number of fused-ring (bicyclic) bond motifs is 3. The maximum atomic E-state index is 14.5. The zero-order chi connectivity index (χ0) is 18.3. The molecule has 2 atom stereocenters. The maximum Gasteiger partial charge on any atom is 0.242 e. The number of aryl methyl sites for hydroxylation is 1. The fourth-order valence-corrected chi connectivity index (χ4v) is 4.02. The number of carbonyl (C=O) groups excluding carboxylic acids is 1. The number of benzene rings is 2. The average molecular weight is 352 g/mol. The number of hydrazone groups is 1. The summed E-state index contributed by atoms with van der Waals surface area (Å²) in [7, 11) is 1.65. The summed E-state index contributed by atoms with van der Waals surface area (Å²) in [5.41, 5.74) is 3.62. The van der Waals surface area contributed by atoms with Gasteiger partial charge in [-0.2, -0.15) is 5.10 Å². The molecule has 0 radical (unpaired) electrons. The molecule has 1 heterocycles. The minimum absolute atomic E-state index is 0.00305. The Morgan fingerprint density at radius 2 is 2.12 bits per heavy atom. The third-order valence-corrected chi connectivity index (χ3v) is 5.31. The molecule has 4 nitrogen and oxygen atoms in total. The summed E-state index contributed by atoms with van der Waals surface area (Å²) in [6.45, 7) is 1.81. The minimum atomic E-state index is -0.381. The molecule has 134 valence electrons. The van der Waals surface area contributed by atoms with E-state index in [1.807, 2.05) is 31.2 Å². The topological polar surface area (TPSA) is 41.9 Å². The molecule has 0 saturated heterocycles. The van der Waals surface area contributed by atoms with Crippen LogP contribution < -0.4 is 4.74 Å². The Morgan fingerprint density at radius 1 is 1.31 bits per heavy atom. The van der Waals surface area contributed by atoms with Crippen LogP contribution in [0.25, 0.3) is 0 Å². The second-order valence-corrected chi connectivity index (χ2v) is 6.71. The Balaban J connectivity index is 1.81. The van der Waals surface area contributed by atoms with Crippen LogP contribution in [0.4, 0.5) is 4.39 Å². The minimum Gasteiger partial charge on any atom is -0.497 e. The molecular formula is C21H21FN2O2. The smallest absolute Gasteiger partial charge is 0.242 e. The third kappa shape index (κ3) is 2.59. The zero-order valence-corrected chi connectivity index (χ0v) is 14.9. The summed E-state index contributed by atoms with van der Waals surface area (Å²) < 4.78 is 19.9. The fourth-order valence-electron chi connectivity index (χ4n) is 4.02. The van der Waals surface area contributed by atoms with E-state index in [9.17, 15) is 9.18 Å². The van der Waals surface area contributed by atoms with Gasteiger partial charge in [0.2, 0.25) is 5.91 Å². The lowest BCUT2D eigenvalue weighted by atomic mass is 9.77. The van der Waals surface area contributed by atoms with Crippen LogP contribution in [0.1, 0.15) is 42.5 Å². The first kappa shape index (κ1) is 16.8. The number of hydrogen-bond donors (Lipinski definition) is 0. The van der Waals surface area contributed by atoms with Gasteiger partial charge in [-0.3, -0.25) is 4.79 Å². The molecule has 1 aliphatic heterocycles. The highest BCUT2D eigenvalue weighted by atomic mass is 19.1. The van der Waals surface area contributed by atoms with E-state index in [4.69, 9.17) is 4.74 Å². The lowest BCUT2D eigenvalue weighted by Gasteiger charge is -2.29. The number of rotatable bonds is 3. The first-order valence-electron chi connectivity index (χ1n) is 8.96. The zero-order valence-electron chi connectivity index (χ0n) is 14.9. The van der Waals surface area contributed by atoms with Crippen molar-refractivity contribution in [1.29, 1.82) is 0 Å². The van der Waals surface area contributed by atoms with Crippen LogP contribution >= 0.6 is 0 Å². The Kier molecular flexibility index (Phi) is 4.23. The van der Waals surface area contributed by atoms with Gasteiger partial charge in [-0.25, -0.2) is 9.40 Å². The van der Waals surface area contributed by atoms with Crippen LogP contribution in [0.3, 0.4) is 0 Å². The molecule has 0 N–H and O–H groups in total. The SMILES string of the molecule is CCC(=O)N1N=C2c3ccc(OC)cc3CC[C@H]2[C@@H]1c1ccccc1F. The molecule has 0 spiro atoms. The molecule has 2 aliphatic rings. The molecule has 0 unspecified atom stereocenters. The van der Waals surface area contributed by atoms with Crippen molar-refractivity contribution in [3.05, 3.63) is 65.0 Å². The van der Waals surface area contributed by atoms with Gasteiger partial charge in [-0.05, 0) is 42.7 Å². The standard InChI is InChI=1S/C21H21FN2O2/c1-3-19(25)24-21(16-6-4-5-7-18(16)22)17-10-8-13-12-14(26-2)9-11-15(13)20(17)23-24/h4-7,9,11-12,17,21H,3,8,10H2,1-2H3/t17-,21+/m1/s1. The molecule has 26 heavy (non-hydrogen) atoms. The largest absolute Gasteiger partial charge is 0.497 e. The first-order chi connectivity index (χ1) is 12.6. The monoisotopic (exact) mass is 352 g/mol. The summed E-state index contributed by atoms with van der Waals surface area (Å²) in [5.74, 6) is 0.440. The predicted octanol–water partition coefficient (Wildman–Crippen LogP) is 4.09. The Bertz CT molecular complexity index is 893. The second-order valence-electron chi connectivity index (χ2n) is 6.71. The number of nitrogens with zero attached hydrogens (tertiary/aromatic N) is 2. The summed E-state index contributed by atoms with van der Waals surface area (Å²) in [5, 5.41) is 6.17. The summed E-state index contributed by atoms with van der Waals surface area (Å²) in [6.07, 6.45) is 2.02. The van der Waals surface area contributed by atoms with Crippen LogP contribution in [0.5, 0.6) is 5.75 Å². The van der Waals surface area contributed by atoms with Crippen molar-refractivity contribution in [3.8, 4) is 5.75 Å². The van der Waals surface area contributed by atoms with Gasteiger partial charge < -0.3 is 4.74 Å². The quantitative estimate of drug-likeness (QED) is 0.835. The molecule has 5 heteroatoms. The number of ether oxygens (including phenoxy) is 1. The lowest BCUT2D eigenvalue weighted by molar-refractivity contribution is -0.133. The van der Waals surface area contributed by atoms with E-state index in [1.165, 1.54) is 11.1 Å².